The van der Waals surface area contributed by atoms with Crippen molar-refractivity contribution in [1.82, 2.24) is 0 Å². The quantitative estimate of drug-likeness (QED) is 0.636. The second kappa shape index (κ2) is 9.61. The summed E-state index contributed by atoms with van der Waals surface area (Å²) < 4.78 is 16.9. The van der Waals surface area contributed by atoms with Crippen LogP contribution in [0.15, 0.2) is 0 Å². The summed E-state index contributed by atoms with van der Waals surface area (Å²) in [5.74, 6) is 0. The van der Waals surface area contributed by atoms with Gasteiger partial charge in [-0.05, 0) is 32.1 Å². The SMILES string of the molecule is CCC(CC1CCCC(CC(CC)OP)O1)OP. The Kier molecular flexibility index (Phi) is 8.97. The van der Waals surface area contributed by atoms with E-state index in [4.69, 9.17) is 13.8 Å². The van der Waals surface area contributed by atoms with Crippen molar-refractivity contribution in [3.8, 4) is 0 Å². The Morgan fingerprint density at radius 3 is 1.78 bits per heavy atom. The molecule has 0 saturated carbocycles. The molecule has 0 bridgehead atoms. The molecule has 1 saturated heterocycles. The van der Waals surface area contributed by atoms with Crippen molar-refractivity contribution in [1.29, 1.82) is 0 Å². The van der Waals surface area contributed by atoms with Crippen LogP contribution in [-0.4, -0.2) is 24.4 Å². The summed E-state index contributed by atoms with van der Waals surface area (Å²) >= 11 is 0. The summed E-state index contributed by atoms with van der Waals surface area (Å²) in [7, 11) is 4.75. The van der Waals surface area contributed by atoms with Gasteiger partial charge in [0.2, 0.25) is 0 Å². The highest BCUT2D eigenvalue weighted by molar-refractivity contribution is 7.10. The number of rotatable bonds is 8. The molecule has 3 nitrogen and oxygen atoms in total. The Hall–Kier alpha value is 0.740. The highest BCUT2D eigenvalue weighted by Gasteiger charge is 2.26. The van der Waals surface area contributed by atoms with Gasteiger partial charge in [-0.3, -0.25) is 0 Å². The Morgan fingerprint density at radius 2 is 1.44 bits per heavy atom. The van der Waals surface area contributed by atoms with Gasteiger partial charge in [0, 0.05) is 31.8 Å². The maximum Gasteiger partial charge on any atom is 0.0633 e. The molecular weight excluding hydrogens is 266 g/mol. The van der Waals surface area contributed by atoms with Crippen LogP contribution in [0.3, 0.4) is 0 Å². The van der Waals surface area contributed by atoms with E-state index in [0.29, 0.717) is 24.4 Å². The third-order valence-corrected chi connectivity index (χ3v) is 4.55. The summed E-state index contributed by atoms with van der Waals surface area (Å²) in [5.41, 5.74) is 0. The monoisotopic (exact) mass is 294 g/mol. The molecule has 0 radical (unpaired) electrons. The lowest BCUT2D eigenvalue weighted by molar-refractivity contribution is -0.0778. The summed E-state index contributed by atoms with van der Waals surface area (Å²) in [6, 6.07) is 0. The van der Waals surface area contributed by atoms with E-state index in [9.17, 15) is 0 Å². The zero-order chi connectivity index (χ0) is 13.4. The molecule has 0 aromatic heterocycles. The van der Waals surface area contributed by atoms with E-state index in [1.807, 2.05) is 0 Å². The van der Waals surface area contributed by atoms with Gasteiger partial charge < -0.3 is 13.8 Å². The molecule has 0 spiro atoms. The molecule has 5 heteroatoms. The van der Waals surface area contributed by atoms with E-state index in [1.165, 1.54) is 19.3 Å². The van der Waals surface area contributed by atoms with Crippen LogP contribution in [-0.2, 0) is 13.8 Å². The molecule has 1 rings (SSSR count). The first-order valence-corrected chi connectivity index (χ1v) is 8.04. The Balaban J connectivity index is 2.35. The lowest BCUT2D eigenvalue weighted by Gasteiger charge is -2.33. The molecule has 1 aliphatic rings. The molecule has 1 fully saturated rings. The molecule has 0 aliphatic carbocycles. The fourth-order valence-corrected chi connectivity index (χ4v) is 3.16. The van der Waals surface area contributed by atoms with Crippen molar-refractivity contribution in [2.45, 2.75) is 83.2 Å². The molecule has 0 N–H and O–H groups in total. The van der Waals surface area contributed by atoms with E-state index in [2.05, 4.69) is 32.8 Å². The van der Waals surface area contributed by atoms with Gasteiger partial charge in [0.25, 0.3) is 0 Å². The van der Waals surface area contributed by atoms with Crippen LogP contribution in [0.1, 0.15) is 58.8 Å². The number of hydrogen-bond acceptors (Lipinski definition) is 3. The molecular formula is C13H28O3P2. The standard InChI is InChI=1S/C13H28O3P2/c1-3-10(15-17)8-12-6-5-7-13(14-12)9-11(4-2)16-18/h10-13H,3-9,17-18H2,1-2H3. The molecule has 1 heterocycles. The van der Waals surface area contributed by atoms with Crippen molar-refractivity contribution < 1.29 is 13.8 Å². The smallest absolute Gasteiger partial charge is 0.0633 e. The first kappa shape index (κ1) is 16.8. The normalized spacial score (nSPS) is 28.0. The molecule has 1 aliphatic heterocycles. The number of hydrogen-bond donors (Lipinski definition) is 0. The van der Waals surface area contributed by atoms with Crippen LogP contribution >= 0.6 is 18.9 Å². The molecule has 108 valence electrons. The maximum absolute atomic E-state index is 6.18. The maximum atomic E-state index is 6.18. The van der Waals surface area contributed by atoms with Gasteiger partial charge in [0.05, 0.1) is 24.4 Å². The van der Waals surface area contributed by atoms with Gasteiger partial charge in [0.1, 0.15) is 0 Å². The fraction of sp³-hybridized carbons (Fsp3) is 1.00. The van der Waals surface area contributed by atoms with Gasteiger partial charge in [-0.1, -0.05) is 13.8 Å². The third kappa shape index (κ3) is 5.80. The van der Waals surface area contributed by atoms with Gasteiger partial charge in [-0.25, -0.2) is 0 Å². The van der Waals surface area contributed by atoms with E-state index in [1.54, 1.807) is 0 Å². The number of ether oxygens (including phenoxy) is 1. The predicted molar refractivity (Wildman–Crippen MR) is 81.5 cm³/mol. The zero-order valence-corrected chi connectivity index (χ0v) is 13.9. The minimum atomic E-state index is 0.304. The van der Waals surface area contributed by atoms with E-state index in [-0.39, 0.29) is 0 Å². The van der Waals surface area contributed by atoms with Crippen molar-refractivity contribution >= 4 is 18.9 Å². The fourth-order valence-electron chi connectivity index (χ4n) is 2.55. The molecule has 6 atom stereocenters. The Morgan fingerprint density at radius 1 is 1.00 bits per heavy atom. The van der Waals surface area contributed by atoms with Crippen LogP contribution in [0.5, 0.6) is 0 Å². The van der Waals surface area contributed by atoms with Crippen LogP contribution in [0.2, 0.25) is 0 Å². The first-order valence-electron chi connectivity index (χ1n) is 7.09. The van der Waals surface area contributed by atoms with E-state index >= 15 is 0 Å². The van der Waals surface area contributed by atoms with E-state index in [0.717, 1.165) is 25.7 Å². The third-order valence-electron chi connectivity index (χ3n) is 3.78. The average Bonchev–Trinajstić information content (AvgIpc) is 2.42. The van der Waals surface area contributed by atoms with Crippen LogP contribution < -0.4 is 0 Å². The Labute approximate surface area is 116 Å². The predicted octanol–water partition coefficient (Wildman–Crippen LogP) is 3.87. The molecule has 0 aromatic carbocycles. The summed E-state index contributed by atoms with van der Waals surface area (Å²) in [6.07, 6.45) is 9.02. The lowest BCUT2D eigenvalue weighted by atomic mass is 9.96. The molecule has 6 unspecified atom stereocenters. The summed E-state index contributed by atoms with van der Waals surface area (Å²) in [4.78, 5) is 0. The van der Waals surface area contributed by atoms with Gasteiger partial charge in [0.15, 0.2) is 0 Å². The minimum absolute atomic E-state index is 0.304. The minimum Gasteiger partial charge on any atom is -0.375 e. The second-order valence-corrected chi connectivity index (χ2v) is 5.66. The highest BCUT2D eigenvalue weighted by atomic mass is 31.0. The van der Waals surface area contributed by atoms with Crippen LogP contribution in [0.25, 0.3) is 0 Å². The Bertz CT molecular complexity index is 188. The second-order valence-electron chi connectivity index (χ2n) is 5.12. The van der Waals surface area contributed by atoms with Gasteiger partial charge in [-0.2, -0.15) is 0 Å². The van der Waals surface area contributed by atoms with Crippen molar-refractivity contribution in [2.75, 3.05) is 0 Å². The van der Waals surface area contributed by atoms with Gasteiger partial charge >= 0.3 is 0 Å². The summed E-state index contributed by atoms with van der Waals surface area (Å²) in [5, 5.41) is 0. The largest absolute Gasteiger partial charge is 0.375 e. The lowest BCUT2D eigenvalue weighted by Crippen LogP contribution is -2.32. The van der Waals surface area contributed by atoms with Gasteiger partial charge in [-0.15, -0.1) is 0 Å². The van der Waals surface area contributed by atoms with E-state index < -0.39 is 0 Å². The summed E-state index contributed by atoms with van der Waals surface area (Å²) in [6.45, 7) is 4.31. The average molecular weight is 294 g/mol. The van der Waals surface area contributed by atoms with Crippen LogP contribution in [0, 0.1) is 0 Å². The zero-order valence-electron chi connectivity index (χ0n) is 11.6. The first-order chi connectivity index (χ1) is 8.73. The van der Waals surface area contributed by atoms with Crippen molar-refractivity contribution in [2.24, 2.45) is 0 Å². The molecule has 0 aromatic rings. The van der Waals surface area contributed by atoms with Crippen molar-refractivity contribution in [3.63, 3.8) is 0 Å². The molecule has 18 heavy (non-hydrogen) atoms. The van der Waals surface area contributed by atoms with Crippen LogP contribution in [0.4, 0.5) is 0 Å². The molecule has 0 amide bonds. The highest BCUT2D eigenvalue weighted by Crippen LogP contribution is 2.27. The van der Waals surface area contributed by atoms with Crippen molar-refractivity contribution in [3.05, 3.63) is 0 Å². The topological polar surface area (TPSA) is 27.7 Å².